The summed E-state index contributed by atoms with van der Waals surface area (Å²) in [7, 11) is 0. The van der Waals surface area contributed by atoms with Crippen molar-refractivity contribution >= 4 is 34.0 Å². The van der Waals surface area contributed by atoms with Gasteiger partial charge in [0.25, 0.3) is 5.91 Å². The first kappa shape index (κ1) is 17.4. The average Bonchev–Trinajstić information content (AvgIpc) is 3.32. The van der Waals surface area contributed by atoms with Crippen molar-refractivity contribution in [1.29, 1.82) is 0 Å². The van der Waals surface area contributed by atoms with Crippen molar-refractivity contribution in [1.82, 2.24) is 14.8 Å². The van der Waals surface area contributed by atoms with Gasteiger partial charge in [-0.1, -0.05) is 6.07 Å². The van der Waals surface area contributed by atoms with Crippen molar-refractivity contribution in [2.45, 2.75) is 19.9 Å². The molecule has 27 heavy (non-hydrogen) atoms. The molecule has 1 amide bonds. The van der Waals surface area contributed by atoms with E-state index >= 15 is 0 Å². The minimum absolute atomic E-state index is 0.113. The Hall–Kier alpha value is -3.06. The highest BCUT2D eigenvalue weighted by Crippen LogP contribution is 2.29. The Kier molecular flexibility index (Phi) is 4.45. The largest absolute Gasteiger partial charge is 0.322 e. The summed E-state index contributed by atoms with van der Waals surface area (Å²) < 4.78 is 14.9. The predicted octanol–water partition coefficient (Wildman–Crippen LogP) is 5.13. The monoisotopic (exact) mass is 380 g/mol. The van der Waals surface area contributed by atoms with Crippen LogP contribution in [0.4, 0.5) is 10.1 Å². The summed E-state index contributed by atoms with van der Waals surface area (Å²) in [5, 5.41) is 9.88. The Balaban J connectivity index is 1.82. The molecule has 3 aromatic heterocycles. The van der Waals surface area contributed by atoms with Gasteiger partial charge in [-0.3, -0.25) is 4.79 Å². The van der Waals surface area contributed by atoms with E-state index in [9.17, 15) is 9.18 Å². The van der Waals surface area contributed by atoms with E-state index in [1.54, 1.807) is 28.3 Å². The van der Waals surface area contributed by atoms with Gasteiger partial charge in [-0.05, 0) is 55.6 Å². The van der Waals surface area contributed by atoms with Crippen molar-refractivity contribution < 1.29 is 9.18 Å². The lowest BCUT2D eigenvalue weighted by atomic mass is 10.1. The second-order valence-electron chi connectivity index (χ2n) is 6.41. The van der Waals surface area contributed by atoms with E-state index in [0.29, 0.717) is 22.3 Å². The lowest BCUT2D eigenvalue weighted by molar-refractivity contribution is 0.102. The maximum absolute atomic E-state index is 13.1. The van der Waals surface area contributed by atoms with Crippen LogP contribution >= 0.6 is 11.3 Å². The van der Waals surface area contributed by atoms with Gasteiger partial charge in [-0.15, -0.1) is 11.3 Å². The van der Waals surface area contributed by atoms with Gasteiger partial charge in [0.2, 0.25) is 0 Å². The Labute approximate surface area is 159 Å². The molecule has 0 unspecified atom stereocenters. The van der Waals surface area contributed by atoms with Crippen LogP contribution in [0.15, 0.2) is 54.0 Å². The van der Waals surface area contributed by atoms with Crippen molar-refractivity contribution in [3.8, 4) is 10.6 Å². The molecular formula is C20H17FN4OS. The number of benzene rings is 1. The van der Waals surface area contributed by atoms with Gasteiger partial charge in [0.1, 0.15) is 5.82 Å². The molecule has 0 saturated carbocycles. The Morgan fingerprint density at radius 3 is 2.67 bits per heavy atom. The smallest absolute Gasteiger partial charge is 0.256 e. The lowest BCUT2D eigenvalue weighted by Crippen LogP contribution is -2.13. The quantitative estimate of drug-likeness (QED) is 0.534. The van der Waals surface area contributed by atoms with Gasteiger partial charge in [0.15, 0.2) is 5.65 Å². The van der Waals surface area contributed by atoms with Gasteiger partial charge < -0.3 is 5.32 Å². The number of fused-ring (bicyclic) bond motifs is 1. The van der Waals surface area contributed by atoms with E-state index in [4.69, 9.17) is 4.98 Å². The van der Waals surface area contributed by atoms with Crippen LogP contribution in [0.1, 0.15) is 30.2 Å². The van der Waals surface area contributed by atoms with Crippen LogP contribution in [-0.4, -0.2) is 20.7 Å². The van der Waals surface area contributed by atoms with E-state index in [1.165, 1.54) is 24.3 Å². The molecule has 0 fully saturated rings. The van der Waals surface area contributed by atoms with E-state index in [0.717, 1.165) is 10.6 Å². The summed E-state index contributed by atoms with van der Waals surface area (Å²) in [6.07, 6.45) is 1.67. The number of hydrogen-bond donors (Lipinski definition) is 1. The fourth-order valence-corrected chi connectivity index (χ4v) is 3.55. The second kappa shape index (κ2) is 6.92. The third kappa shape index (κ3) is 3.33. The zero-order chi connectivity index (χ0) is 19.0. The van der Waals surface area contributed by atoms with Gasteiger partial charge >= 0.3 is 0 Å². The van der Waals surface area contributed by atoms with Gasteiger partial charge in [-0.2, -0.15) is 5.10 Å². The van der Waals surface area contributed by atoms with Crippen LogP contribution < -0.4 is 5.32 Å². The first-order valence-corrected chi connectivity index (χ1v) is 9.40. The summed E-state index contributed by atoms with van der Waals surface area (Å²) in [6.45, 7) is 4.04. The highest BCUT2D eigenvalue weighted by molar-refractivity contribution is 7.13. The van der Waals surface area contributed by atoms with E-state index in [-0.39, 0.29) is 17.8 Å². The Morgan fingerprint density at radius 2 is 2.00 bits per heavy atom. The molecule has 0 aliphatic carbocycles. The molecule has 3 heterocycles. The summed E-state index contributed by atoms with van der Waals surface area (Å²) in [4.78, 5) is 18.7. The van der Waals surface area contributed by atoms with Gasteiger partial charge in [0.05, 0.1) is 27.7 Å². The molecule has 0 saturated heterocycles. The highest BCUT2D eigenvalue weighted by atomic mass is 32.1. The molecule has 4 aromatic rings. The number of carbonyl (C=O) groups is 1. The molecule has 0 atom stereocenters. The zero-order valence-corrected chi connectivity index (χ0v) is 15.6. The van der Waals surface area contributed by atoms with Crippen LogP contribution in [0.25, 0.3) is 21.6 Å². The first-order valence-electron chi connectivity index (χ1n) is 8.52. The molecule has 1 N–H and O–H groups in total. The molecule has 1 aromatic carbocycles. The number of nitrogens with one attached hydrogen (secondary N) is 1. The summed E-state index contributed by atoms with van der Waals surface area (Å²) in [6, 6.07) is 11.5. The molecule has 5 nitrogen and oxygen atoms in total. The van der Waals surface area contributed by atoms with Crippen molar-refractivity contribution in [2.24, 2.45) is 0 Å². The topological polar surface area (TPSA) is 59.8 Å². The fourth-order valence-electron chi connectivity index (χ4n) is 2.87. The van der Waals surface area contributed by atoms with Crippen LogP contribution in [0.5, 0.6) is 0 Å². The Bertz CT molecular complexity index is 1100. The number of aromatic nitrogens is 3. The van der Waals surface area contributed by atoms with Crippen molar-refractivity contribution in [2.75, 3.05) is 5.32 Å². The van der Waals surface area contributed by atoms with Crippen molar-refractivity contribution in [3.63, 3.8) is 0 Å². The molecule has 0 aliphatic heterocycles. The fraction of sp³-hybridized carbons (Fsp3) is 0.150. The normalized spacial score (nSPS) is 11.3. The minimum atomic E-state index is -0.350. The van der Waals surface area contributed by atoms with Crippen LogP contribution in [0.2, 0.25) is 0 Å². The van der Waals surface area contributed by atoms with E-state index in [1.807, 2.05) is 31.4 Å². The van der Waals surface area contributed by atoms with E-state index in [2.05, 4.69) is 10.4 Å². The molecule has 136 valence electrons. The lowest BCUT2D eigenvalue weighted by Gasteiger charge is -2.10. The maximum Gasteiger partial charge on any atom is 0.256 e. The number of anilines is 1. The van der Waals surface area contributed by atoms with E-state index < -0.39 is 0 Å². The number of nitrogens with zero attached hydrogens (tertiary/aromatic N) is 3. The standard InChI is InChI=1S/C20H17FN4OS/c1-12(2)25-19-16(11-22-25)15(10-17(24-19)18-4-3-9-27-18)20(26)23-14-7-5-13(21)6-8-14/h3-12H,1-2H3,(H,23,26). The first-order chi connectivity index (χ1) is 13.0. The molecule has 7 heteroatoms. The molecule has 0 spiro atoms. The summed E-state index contributed by atoms with van der Waals surface area (Å²) >= 11 is 1.56. The number of amides is 1. The minimum Gasteiger partial charge on any atom is -0.322 e. The number of hydrogen-bond acceptors (Lipinski definition) is 4. The predicted molar refractivity (Wildman–Crippen MR) is 106 cm³/mol. The Morgan fingerprint density at radius 1 is 1.22 bits per heavy atom. The highest BCUT2D eigenvalue weighted by Gasteiger charge is 2.19. The zero-order valence-electron chi connectivity index (χ0n) is 14.8. The molecule has 4 rings (SSSR count). The van der Waals surface area contributed by atoms with Crippen LogP contribution in [0.3, 0.4) is 0 Å². The third-order valence-electron chi connectivity index (χ3n) is 4.18. The molecule has 0 bridgehead atoms. The van der Waals surface area contributed by atoms with Crippen molar-refractivity contribution in [3.05, 3.63) is 65.4 Å². The molecular weight excluding hydrogens is 363 g/mol. The van der Waals surface area contributed by atoms with Gasteiger partial charge in [-0.25, -0.2) is 14.1 Å². The third-order valence-corrected chi connectivity index (χ3v) is 5.07. The number of rotatable bonds is 4. The number of pyridine rings is 1. The molecule has 0 radical (unpaired) electrons. The average molecular weight is 380 g/mol. The SMILES string of the molecule is CC(C)n1ncc2c(C(=O)Nc3ccc(F)cc3)cc(-c3cccs3)nc21. The summed E-state index contributed by atoms with van der Waals surface area (Å²) in [5.74, 6) is -0.632. The maximum atomic E-state index is 13.1. The second-order valence-corrected chi connectivity index (χ2v) is 7.36. The van der Waals surface area contributed by atoms with Crippen LogP contribution in [0, 0.1) is 5.82 Å². The number of carbonyl (C=O) groups excluding carboxylic acids is 1. The summed E-state index contributed by atoms with van der Waals surface area (Å²) in [5.41, 5.74) is 2.41. The number of thiophene rings is 1. The molecule has 0 aliphatic rings. The van der Waals surface area contributed by atoms with Crippen LogP contribution in [-0.2, 0) is 0 Å². The number of halogens is 1. The van der Waals surface area contributed by atoms with Gasteiger partial charge in [0, 0.05) is 11.7 Å².